The minimum atomic E-state index is -0.313. The zero-order valence-corrected chi connectivity index (χ0v) is 11.9. The predicted octanol–water partition coefficient (Wildman–Crippen LogP) is 3.96. The molecular weight excluding hydrogens is 212 g/mol. The molecule has 1 fully saturated rings. The summed E-state index contributed by atoms with van der Waals surface area (Å²) in [6, 6.07) is 0. The van der Waals surface area contributed by atoms with E-state index >= 15 is 0 Å². The van der Waals surface area contributed by atoms with E-state index in [1.807, 2.05) is 0 Å². The van der Waals surface area contributed by atoms with Crippen molar-refractivity contribution in [1.82, 2.24) is 0 Å². The third kappa shape index (κ3) is 3.34. The van der Waals surface area contributed by atoms with Gasteiger partial charge < -0.3 is 4.74 Å². The van der Waals surface area contributed by atoms with Gasteiger partial charge in [-0.3, -0.25) is 0 Å². The standard InChI is InChI=1S/C15H26O2/c1-7-13(16)17-15(11(2)3)9-12(4)8-14(5,6)10-15/h7,11-12H,1,8-10H2,2-6H3. The Morgan fingerprint density at radius 1 is 1.41 bits per heavy atom. The van der Waals surface area contributed by atoms with Crippen LogP contribution in [0.1, 0.15) is 53.9 Å². The van der Waals surface area contributed by atoms with E-state index in [9.17, 15) is 4.79 Å². The van der Waals surface area contributed by atoms with E-state index in [1.165, 1.54) is 12.5 Å². The molecule has 0 aliphatic heterocycles. The Labute approximate surface area is 105 Å². The van der Waals surface area contributed by atoms with Crippen LogP contribution in [0, 0.1) is 17.3 Å². The van der Waals surface area contributed by atoms with Crippen molar-refractivity contribution in [2.75, 3.05) is 0 Å². The van der Waals surface area contributed by atoms with Crippen molar-refractivity contribution in [3.63, 3.8) is 0 Å². The summed E-state index contributed by atoms with van der Waals surface area (Å²) in [6.07, 6.45) is 4.39. The summed E-state index contributed by atoms with van der Waals surface area (Å²) in [7, 11) is 0. The summed E-state index contributed by atoms with van der Waals surface area (Å²) in [5.74, 6) is 0.649. The highest BCUT2D eigenvalue weighted by Gasteiger charge is 2.47. The Hall–Kier alpha value is -0.790. The number of hydrogen-bond donors (Lipinski definition) is 0. The second-order valence-electron chi connectivity index (χ2n) is 6.70. The molecule has 98 valence electrons. The average Bonchev–Trinajstić information content (AvgIpc) is 2.13. The maximum absolute atomic E-state index is 11.6. The first-order chi connectivity index (χ1) is 7.71. The van der Waals surface area contributed by atoms with E-state index in [2.05, 4.69) is 41.2 Å². The zero-order chi connectivity index (χ0) is 13.3. The molecule has 0 aromatic heterocycles. The van der Waals surface area contributed by atoms with Crippen LogP contribution in [0.15, 0.2) is 12.7 Å². The van der Waals surface area contributed by atoms with Gasteiger partial charge in [0.05, 0.1) is 0 Å². The van der Waals surface area contributed by atoms with Crippen LogP contribution in [0.5, 0.6) is 0 Å². The smallest absolute Gasteiger partial charge is 0.330 e. The Morgan fingerprint density at radius 2 is 2.00 bits per heavy atom. The third-order valence-corrected chi connectivity index (χ3v) is 3.90. The van der Waals surface area contributed by atoms with Crippen molar-refractivity contribution in [3.8, 4) is 0 Å². The van der Waals surface area contributed by atoms with Crippen molar-refractivity contribution in [2.24, 2.45) is 17.3 Å². The van der Waals surface area contributed by atoms with Gasteiger partial charge in [0.1, 0.15) is 5.60 Å². The molecule has 2 atom stereocenters. The molecule has 0 spiro atoms. The molecule has 1 aliphatic rings. The maximum Gasteiger partial charge on any atom is 0.330 e. The molecule has 0 saturated heterocycles. The van der Waals surface area contributed by atoms with E-state index in [-0.39, 0.29) is 17.0 Å². The lowest BCUT2D eigenvalue weighted by atomic mass is 9.62. The monoisotopic (exact) mass is 238 g/mol. The normalized spacial score (nSPS) is 32.2. The highest BCUT2D eigenvalue weighted by molar-refractivity contribution is 5.81. The largest absolute Gasteiger partial charge is 0.456 e. The van der Waals surface area contributed by atoms with Crippen LogP contribution in [-0.2, 0) is 9.53 Å². The lowest BCUT2D eigenvalue weighted by Gasteiger charge is -2.49. The van der Waals surface area contributed by atoms with E-state index in [4.69, 9.17) is 4.74 Å². The fourth-order valence-corrected chi connectivity index (χ4v) is 3.44. The first-order valence-corrected chi connectivity index (χ1v) is 6.56. The van der Waals surface area contributed by atoms with Crippen LogP contribution < -0.4 is 0 Å². The van der Waals surface area contributed by atoms with E-state index < -0.39 is 0 Å². The second-order valence-corrected chi connectivity index (χ2v) is 6.70. The Morgan fingerprint density at radius 3 is 2.41 bits per heavy atom. The van der Waals surface area contributed by atoms with Crippen LogP contribution in [0.4, 0.5) is 0 Å². The Bertz CT molecular complexity index is 304. The fourth-order valence-electron chi connectivity index (χ4n) is 3.44. The Balaban J connectivity index is 2.98. The second kappa shape index (κ2) is 4.83. The van der Waals surface area contributed by atoms with Gasteiger partial charge in [-0.05, 0) is 36.5 Å². The molecular formula is C15H26O2. The minimum absolute atomic E-state index is 0.239. The van der Waals surface area contributed by atoms with Crippen molar-refractivity contribution < 1.29 is 9.53 Å². The van der Waals surface area contributed by atoms with Crippen molar-refractivity contribution in [2.45, 2.75) is 59.5 Å². The molecule has 0 aromatic rings. The van der Waals surface area contributed by atoms with Crippen molar-refractivity contribution in [1.29, 1.82) is 0 Å². The summed E-state index contributed by atoms with van der Waals surface area (Å²) < 4.78 is 5.74. The lowest BCUT2D eigenvalue weighted by Crippen LogP contribution is -2.49. The van der Waals surface area contributed by atoms with Crippen LogP contribution in [0.25, 0.3) is 0 Å². The van der Waals surface area contributed by atoms with Gasteiger partial charge in [-0.25, -0.2) is 4.79 Å². The van der Waals surface area contributed by atoms with E-state index in [0.29, 0.717) is 11.8 Å². The minimum Gasteiger partial charge on any atom is -0.456 e. The van der Waals surface area contributed by atoms with Gasteiger partial charge in [0.2, 0.25) is 0 Å². The number of carbonyl (C=O) groups is 1. The molecule has 0 N–H and O–H groups in total. The summed E-state index contributed by atoms with van der Waals surface area (Å²) in [4.78, 5) is 11.6. The van der Waals surface area contributed by atoms with Crippen LogP contribution in [-0.4, -0.2) is 11.6 Å². The van der Waals surface area contributed by atoms with Crippen LogP contribution >= 0.6 is 0 Å². The molecule has 0 bridgehead atoms. The zero-order valence-electron chi connectivity index (χ0n) is 11.9. The molecule has 1 aliphatic carbocycles. The molecule has 17 heavy (non-hydrogen) atoms. The quantitative estimate of drug-likeness (QED) is 0.549. The molecule has 2 unspecified atom stereocenters. The van der Waals surface area contributed by atoms with Gasteiger partial charge in [0, 0.05) is 6.08 Å². The fraction of sp³-hybridized carbons (Fsp3) is 0.800. The first-order valence-electron chi connectivity index (χ1n) is 6.56. The number of hydrogen-bond acceptors (Lipinski definition) is 2. The molecule has 2 heteroatoms. The van der Waals surface area contributed by atoms with E-state index in [0.717, 1.165) is 12.8 Å². The molecule has 1 saturated carbocycles. The summed E-state index contributed by atoms with van der Waals surface area (Å²) in [6.45, 7) is 14.6. The van der Waals surface area contributed by atoms with Gasteiger partial charge >= 0.3 is 5.97 Å². The van der Waals surface area contributed by atoms with Crippen LogP contribution in [0.3, 0.4) is 0 Å². The first kappa shape index (κ1) is 14.3. The van der Waals surface area contributed by atoms with E-state index in [1.54, 1.807) is 0 Å². The maximum atomic E-state index is 11.6. The predicted molar refractivity (Wildman–Crippen MR) is 70.7 cm³/mol. The van der Waals surface area contributed by atoms with Gasteiger partial charge in [-0.15, -0.1) is 0 Å². The van der Waals surface area contributed by atoms with Gasteiger partial charge in [0.15, 0.2) is 0 Å². The number of ether oxygens (including phenoxy) is 1. The molecule has 1 rings (SSSR count). The van der Waals surface area contributed by atoms with Crippen molar-refractivity contribution in [3.05, 3.63) is 12.7 Å². The SMILES string of the molecule is C=CC(=O)OC1(C(C)C)CC(C)CC(C)(C)C1. The summed E-state index contributed by atoms with van der Waals surface area (Å²) in [5.41, 5.74) is -0.0736. The Kier molecular flexibility index (Phi) is 4.06. The average molecular weight is 238 g/mol. The molecule has 2 nitrogen and oxygen atoms in total. The van der Waals surface area contributed by atoms with Crippen molar-refractivity contribution >= 4 is 5.97 Å². The summed E-state index contributed by atoms with van der Waals surface area (Å²) in [5, 5.41) is 0. The lowest BCUT2D eigenvalue weighted by molar-refractivity contribution is -0.172. The molecule has 0 heterocycles. The van der Waals surface area contributed by atoms with Gasteiger partial charge in [-0.1, -0.05) is 41.2 Å². The highest BCUT2D eigenvalue weighted by Crippen LogP contribution is 2.48. The number of rotatable bonds is 3. The summed E-state index contributed by atoms with van der Waals surface area (Å²) >= 11 is 0. The van der Waals surface area contributed by atoms with Gasteiger partial charge in [-0.2, -0.15) is 0 Å². The molecule has 0 amide bonds. The highest BCUT2D eigenvalue weighted by atomic mass is 16.6. The number of esters is 1. The topological polar surface area (TPSA) is 26.3 Å². The number of carbonyl (C=O) groups excluding carboxylic acids is 1. The van der Waals surface area contributed by atoms with Gasteiger partial charge in [0.25, 0.3) is 0 Å². The van der Waals surface area contributed by atoms with Crippen LogP contribution in [0.2, 0.25) is 0 Å². The molecule has 0 aromatic carbocycles. The molecule has 0 radical (unpaired) electrons. The third-order valence-electron chi connectivity index (χ3n) is 3.90.